The van der Waals surface area contributed by atoms with Crippen molar-refractivity contribution < 1.29 is 0 Å². The lowest BCUT2D eigenvalue weighted by molar-refractivity contribution is 0.312. The molecule has 0 saturated heterocycles. The van der Waals surface area contributed by atoms with Gasteiger partial charge in [-0.3, -0.25) is 5.84 Å². The highest BCUT2D eigenvalue weighted by Crippen LogP contribution is 2.32. The number of hydrazine groups is 1. The van der Waals surface area contributed by atoms with E-state index < -0.39 is 0 Å². The Morgan fingerprint density at radius 1 is 1.38 bits per heavy atom. The van der Waals surface area contributed by atoms with Crippen molar-refractivity contribution >= 4 is 0 Å². The van der Waals surface area contributed by atoms with Gasteiger partial charge in [-0.2, -0.15) is 0 Å². The monoisotopic (exact) mass is 222 g/mol. The van der Waals surface area contributed by atoms with Crippen molar-refractivity contribution in [3.63, 3.8) is 0 Å². The topological polar surface area (TPSA) is 55.9 Å². The fourth-order valence-corrected chi connectivity index (χ4v) is 2.74. The number of hydrogen-bond donors (Lipinski definition) is 2. The Morgan fingerprint density at radius 3 is 2.56 bits per heavy atom. The molecule has 1 aromatic heterocycles. The van der Waals surface area contributed by atoms with Crippen LogP contribution in [0.1, 0.15) is 50.4 Å². The highest BCUT2D eigenvalue weighted by molar-refractivity contribution is 5.00. The van der Waals surface area contributed by atoms with E-state index in [4.69, 9.17) is 5.84 Å². The van der Waals surface area contributed by atoms with Gasteiger partial charge in [0.15, 0.2) is 0 Å². The highest BCUT2D eigenvalue weighted by atomic mass is 15.3. The summed E-state index contributed by atoms with van der Waals surface area (Å²) in [5.74, 6) is 7.41. The third-order valence-electron chi connectivity index (χ3n) is 3.69. The molecule has 16 heavy (non-hydrogen) atoms. The number of nitrogens with one attached hydrogen (secondary N) is 1. The lowest BCUT2D eigenvalue weighted by Crippen LogP contribution is -2.35. The third kappa shape index (κ3) is 2.44. The molecule has 1 saturated carbocycles. The molecule has 1 unspecified atom stereocenters. The molecule has 3 N–H and O–H groups in total. The Balaban J connectivity index is 2.12. The minimum Gasteiger partial charge on any atom is -0.337 e. The van der Waals surface area contributed by atoms with Gasteiger partial charge in [0.1, 0.15) is 5.82 Å². The van der Waals surface area contributed by atoms with Crippen molar-refractivity contribution in [3.8, 4) is 0 Å². The predicted molar refractivity (Wildman–Crippen MR) is 64.5 cm³/mol. The lowest BCUT2D eigenvalue weighted by atomic mass is 9.91. The molecule has 2 rings (SSSR count). The second-order valence-electron chi connectivity index (χ2n) is 4.79. The van der Waals surface area contributed by atoms with Gasteiger partial charge in [0.05, 0.1) is 6.04 Å². The summed E-state index contributed by atoms with van der Waals surface area (Å²) < 4.78 is 2.06. The van der Waals surface area contributed by atoms with Gasteiger partial charge in [-0.25, -0.2) is 10.4 Å². The first-order chi connectivity index (χ1) is 7.83. The second kappa shape index (κ2) is 5.46. The SMILES string of the molecule is Cn1ccnc1C(NN)C1CCCCCC1. The molecule has 0 spiro atoms. The van der Waals surface area contributed by atoms with Gasteiger partial charge in [0.2, 0.25) is 0 Å². The van der Waals surface area contributed by atoms with E-state index in [1.807, 2.05) is 19.4 Å². The number of aryl methyl sites for hydroxylation is 1. The van der Waals surface area contributed by atoms with E-state index >= 15 is 0 Å². The molecule has 0 aliphatic heterocycles. The smallest absolute Gasteiger partial charge is 0.127 e. The summed E-state index contributed by atoms with van der Waals surface area (Å²) >= 11 is 0. The first kappa shape index (κ1) is 11.6. The number of imidazole rings is 1. The molecule has 4 heteroatoms. The van der Waals surface area contributed by atoms with Gasteiger partial charge < -0.3 is 4.57 Å². The number of nitrogens with two attached hydrogens (primary N) is 1. The third-order valence-corrected chi connectivity index (χ3v) is 3.69. The first-order valence-corrected chi connectivity index (χ1v) is 6.26. The molecule has 1 atom stereocenters. The molecule has 0 aromatic carbocycles. The molecular formula is C12H22N4. The Morgan fingerprint density at radius 2 is 2.06 bits per heavy atom. The van der Waals surface area contributed by atoms with Crippen LogP contribution in [0.25, 0.3) is 0 Å². The van der Waals surface area contributed by atoms with Gasteiger partial charge in [0.25, 0.3) is 0 Å². The zero-order valence-electron chi connectivity index (χ0n) is 10.0. The molecule has 1 fully saturated rings. The number of rotatable bonds is 3. The van der Waals surface area contributed by atoms with Crippen LogP contribution in [-0.4, -0.2) is 9.55 Å². The van der Waals surface area contributed by atoms with E-state index in [-0.39, 0.29) is 6.04 Å². The summed E-state index contributed by atoms with van der Waals surface area (Å²) in [6, 6.07) is 0.207. The maximum atomic E-state index is 5.71. The van der Waals surface area contributed by atoms with Crippen LogP contribution in [-0.2, 0) is 7.05 Å². The molecule has 1 heterocycles. The minimum atomic E-state index is 0.207. The quantitative estimate of drug-likeness (QED) is 0.466. The summed E-state index contributed by atoms with van der Waals surface area (Å²) in [5, 5.41) is 0. The maximum absolute atomic E-state index is 5.71. The van der Waals surface area contributed by atoms with Crippen molar-refractivity contribution in [3.05, 3.63) is 18.2 Å². The van der Waals surface area contributed by atoms with E-state index in [9.17, 15) is 0 Å². The molecule has 0 amide bonds. The van der Waals surface area contributed by atoms with Gasteiger partial charge in [0, 0.05) is 19.4 Å². The van der Waals surface area contributed by atoms with Crippen molar-refractivity contribution in [1.82, 2.24) is 15.0 Å². The van der Waals surface area contributed by atoms with Crippen molar-refractivity contribution in [2.75, 3.05) is 0 Å². The zero-order valence-corrected chi connectivity index (χ0v) is 10.0. The Hall–Kier alpha value is -0.870. The standard InChI is InChI=1S/C12H22N4/c1-16-9-8-14-12(16)11(15-13)10-6-4-2-3-5-7-10/h8-11,15H,2-7,13H2,1H3. The molecule has 1 aliphatic rings. The van der Waals surface area contributed by atoms with E-state index in [1.54, 1.807) is 0 Å². The van der Waals surface area contributed by atoms with E-state index in [1.165, 1.54) is 38.5 Å². The molecule has 1 aliphatic carbocycles. The summed E-state index contributed by atoms with van der Waals surface area (Å²) in [4.78, 5) is 4.41. The van der Waals surface area contributed by atoms with E-state index in [2.05, 4.69) is 15.0 Å². The van der Waals surface area contributed by atoms with Crippen LogP contribution in [0.5, 0.6) is 0 Å². The van der Waals surface area contributed by atoms with Crippen LogP contribution in [0.3, 0.4) is 0 Å². The van der Waals surface area contributed by atoms with Gasteiger partial charge in [-0.1, -0.05) is 25.7 Å². The fraction of sp³-hybridized carbons (Fsp3) is 0.750. The van der Waals surface area contributed by atoms with Gasteiger partial charge >= 0.3 is 0 Å². The summed E-state index contributed by atoms with van der Waals surface area (Å²) in [6.45, 7) is 0. The summed E-state index contributed by atoms with van der Waals surface area (Å²) in [5.41, 5.74) is 2.96. The molecule has 90 valence electrons. The number of aromatic nitrogens is 2. The van der Waals surface area contributed by atoms with Crippen molar-refractivity contribution in [2.24, 2.45) is 18.8 Å². The summed E-state index contributed by atoms with van der Waals surface area (Å²) in [6.07, 6.45) is 11.7. The predicted octanol–water partition coefficient (Wildman–Crippen LogP) is 1.89. The normalized spacial score (nSPS) is 20.6. The zero-order chi connectivity index (χ0) is 11.4. The summed E-state index contributed by atoms with van der Waals surface area (Å²) in [7, 11) is 2.03. The van der Waals surface area contributed by atoms with Crippen LogP contribution in [0, 0.1) is 5.92 Å². The van der Waals surface area contributed by atoms with Gasteiger partial charge in [-0.15, -0.1) is 0 Å². The molecule has 4 nitrogen and oxygen atoms in total. The van der Waals surface area contributed by atoms with Crippen LogP contribution in [0.4, 0.5) is 0 Å². The molecule has 1 aromatic rings. The van der Waals surface area contributed by atoms with Crippen molar-refractivity contribution in [1.29, 1.82) is 0 Å². The van der Waals surface area contributed by atoms with Crippen LogP contribution in [0.15, 0.2) is 12.4 Å². The van der Waals surface area contributed by atoms with E-state index in [0.29, 0.717) is 5.92 Å². The molecule has 0 bridgehead atoms. The average Bonchev–Trinajstić information content (AvgIpc) is 2.57. The van der Waals surface area contributed by atoms with E-state index in [0.717, 1.165) is 5.82 Å². The van der Waals surface area contributed by atoms with Crippen LogP contribution in [0.2, 0.25) is 0 Å². The average molecular weight is 222 g/mol. The Kier molecular flexibility index (Phi) is 3.96. The second-order valence-corrected chi connectivity index (χ2v) is 4.79. The Bertz CT molecular complexity index is 313. The molecular weight excluding hydrogens is 200 g/mol. The molecule has 0 radical (unpaired) electrons. The fourth-order valence-electron chi connectivity index (χ4n) is 2.74. The van der Waals surface area contributed by atoms with Crippen LogP contribution < -0.4 is 11.3 Å². The van der Waals surface area contributed by atoms with Crippen molar-refractivity contribution in [2.45, 2.75) is 44.6 Å². The lowest BCUT2D eigenvalue weighted by Gasteiger charge is -2.24. The Labute approximate surface area is 97.2 Å². The first-order valence-electron chi connectivity index (χ1n) is 6.26. The van der Waals surface area contributed by atoms with Gasteiger partial charge in [-0.05, 0) is 18.8 Å². The largest absolute Gasteiger partial charge is 0.337 e. The maximum Gasteiger partial charge on any atom is 0.127 e. The minimum absolute atomic E-state index is 0.207. The van der Waals surface area contributed by atoms with Crippen LogP contribution >= 0.6 is 0 Å². The number of nitrogens with zero attached hydrogens (tertiary/aromatic N) is 2. The number of hydrogen-bond acceptors (Lipinski definition) is 3. The highest BCUT2D eigenvalue weighted by Gasteiger charge is 2.25.